The Labute approximate surface area is 153 Å². The highest BCUT2D eigenvalue weighted by atomic mass is 16.1. The zero-order valence-electron chi connectivity index (χ0n) is 14.9. The van der Waals surface area contributed by atoms with Crippen LogP contribution in [0.4, 0.5) is 0 Å². The molecule has 0 spiro atoms. The van der Waals surface area contributed by atoms with E-state index in [-0.39, 0.29) is 5.91 Å². The molecule has 26 heavy (non-hydrogen) atoms. The number of piperidine rings is 1. The van der Waals surface area contributed by atoms with E-state index in [4.69, 9.17) is 0 Å². The summed E-state index contributed by atoms with van der Waals surface area (Å²) in [6, 6.07) is 10.5. The van der Waals surface area contributed by atoms with Crippen LogP contribution in [-0.4, -0.2) is 40.3 Å². The average Bonchev–Trinajstić information content (AvgIpc) is 3.33. The maximum atomic E-state index is 12.3. The number of H-pyrrole nitrogens is 1. The summed E-state index contributed by atoms with van der Waals surface area (Å²) in [5.41, 5.74) is 2.96. The van der Waals surface area contributed by atoms with Gasteiger partial charge in [0.1, 0.15) is 5.69 Å². The maximum absolute atomic E-state index is 12.3. The van der Waals surface area contributed by atoms with Crippen LogP contribution in [0.3, 0.4) is 0 Å². The van der Waals surface area contributed by atoms with Crippen molar-refractivity contribution in [1.82, 2.24) is 25.4 Å². The first-order chi connectivity index (χ1) is 12.8. The molecule has 1 aliphatic rings. The summed E-state index contributed by atoms with van der Waals surface area (Å²) >= 11 is 0. The molecule has 0 radical (unpaired) electrons. The molecule has 136 valence electrons. The van der Waals surface area contributed by atoms with E-state index in [1.165, 1.54) is 10.9 Å². The van der Waals surface area contributed by atoms with Gasteiger partial charge in [-0.1, -0.05) is 18.2 Å². The largest absolute Gasteiger partial charge is 0.361 e. The van der Waals surface area contributed by atoms with Gasteiger partial charge in [-0.05, 0) is 49.9 Å². The van der Waals surface area contributed by atoms with Gasteiger partial charge < -0.3 is 15.6 Å². The number of benzene rings is 1. The predicted octanol–water partition coefficient (Wildman–Crippen LogP) is 2.65. The van der Waals surface area contributed by atoms with Crippen LogP contribution in [0.5, 0.6) is 0 Å². The van der Waals surface area contributed by atoms with E-state index in [1.807, 2.05) is 23.0 Å². The molecule has 1 saturated heterocycles. The number of hydrogen-bond donors (Lipinski definition) is 3. The Balaban J connectivity index is 1.27. The molecule has 0 saturated carbocycles. The summed E-state index contributed by atoms with van der Waals surface area (Å²) in [4.78, 5) is 15.6. The van der Waals surface area contributed by atoms with E-state index >= 15 is 0 Å². The second-order valence-electron chi connectivity index (χ2n) is 6.90. The van der Waals surface area contributed by atoms with Gasteiger partial charge in [0.15, 0.2) is 0 Å². The first-order valence-corrected chi connectivity index (χ1v) is 9.40. The van der Waals surface area contributed by atoms with Crippen LogP contribution >= 0.6 is 0 Å². The lowest BCUT2D eigenvalue weighted by atomic mass is 10.1. The van der Waals surface area contributed by atoms with Crippen molar-refractivity contribution in [1.29, 1.82) is 0 Å². The number of aromatic nitrogens is 3. The summed E-state index contributed by atoms with van der Waals surface area (Å²) in [5, 5.41) is 12.1. The van der Waals surface area contributed by atoms with E-state index in [2.05, 4.69) is 45.1 Å². The number of nitrogens with one attached hydrogen (secondary N) is 3. The Morgan fingerprint density at radius 3 is 3.12 bits per heavy atom. The van der Waals surface area contributed by atoms with Crippen molar-refractivity contribution in [3.63, 3.8) is 0 Å². The molecule has 1 amide bonds. The molecule has 0 bridgehead atoms. The molecule has 3 N–H and O–H groups in total. The highest BCUT2D eigenvalue weighted by Gasteiger charge is 2.17. The quantitative estimate of drug-likeness (QED) is 0.598. The lowest BCUT2D eigenvalue weighted by Crippen LogP contribution is -2.32. The van der Waals surface area contributed by atoms with Gasteiger partial charge in [0.05, 0.1) is 6.04 Å². The van der Waals surface area contributed by atoms with Crippen LogP contribution in [-0.2, 0) is 6.42 Å². The number of carbonyl (C=O) groups is 1. The van der Waals surface area contributed by atoms with Crippen LogP contribution in [0.25, 0.3) is 10.9 Å². The Bertz CT molecular complexity index is 875. The fourth-order valence-corrected chi connectivity index (χ4v) is 3.63. The lowest BCUT2D eigenvalue weighted by molar-refractivity contribution is 0.0947. The van der Waals surface area contributed by atoms with Crippen LogP contribution in [0.2, 0.25) is 0 Å². The highest BCUT2D eigenvalue weighted by Crippen LogP contribution is 2.19. The Morgan fingerprint density at radius 1 is 1.31 bits per heavy atom. The van der Waals surface area contributed by atoms with Crippen molar-refractivity contribution in [2.24, 2.45) is 0 Å². The second kappa shape index (κ2) is 7.74. The average molecular weight is 351 g/mol. The molecule has 0 aliphatic carbocycles. The predicted molar refractivity (Wildman–Crippen MR) is 102 cm³/mol. The third-order valence-electron chi connectivity index (χ3n) is 5.07. The summed E-state index contributed by atoms with van der Waals surface area (Å²) in [6.45, 7) is 2.64. The van der Waals surface area contributed by atoms with Crippen LogP contribution in [0, 0.1) is 0 Å². The van der Waals surface area contributed by atoms with Crippen molar-refractivity contribution >= 4 is 16.8 Å². The first kappa shape index (κ1) is 16.8. The molecule has 1 aliphatic heterocycles. The normalized spacial score (nSPS) is 17.5. The highest BCUT2D eigenvalue weighted by molar-refractivity contribution is 5.92. The number of rotatable bonds is 6. The van der Waals surface area contributed by atoms with Crippen molar-refractivity contribution < 1.29 is 4.79 Å². The van der Waals surface area contributed by atoms with E-state index in [0.29, 0.717) is 18.3 Å². The summed E-state index contributed by atoms with van der Waals surface area (Å²) in [7, 11) is 0. The molecule has 1 unspecified atom stereocenters. The van der Waals surface area contributed by atoms with Crippen molar-refractivity contribution in [2.45, 2.75) is 31.7 Å². The summed E-state index contributed by atoms with van der Waals surface area (Å²) in [5.74, 6) is -0.0913. The molecular weight excluding hydrogens is 326 g/mol. The molecular formula is C20H25N5O. The number of fused-ring (bicyclic) bond motifs is 1. The molecule has 1 atom stereocenters. The monoisotopic (exact) mass is 351 g/mol. The SMILES string of the molecule is O=C(NCCCc1c[nH]c2ccccc12)c1ccn(C2CCCNC2)n1. The van der Waals surface area contributed by atoms with Gasteiger partial charge in [0.2, 0.25) is 0 Å². The Kier molecular flexibility index (Phi) is 5.02. The number of amides is 1. The molecule has 4 rings (SSSR count). The number of hydrogen-bond acceptors (Lipinski definition) is 3. The second-order valence-corrected chi connectivity index (χ2v) is 6.90. The lowest BCUT2D eigenvalue weighted by Gasteiger charge is -2.22. The first-order valence-electron chi connectivity index (χ1n) is 9.40. The summed E-state index contributed by atoms with van der Waals surface area (Å²) < 4.78 is 1.92. The van der Waals surface area contributed by atoms with Gasteiger partial charge in [-0.3, -0.25) is 9.48 Å². The number of aryl methyl sites for hydroxylation is 1. The Morgan fingerprint density at radius 2 is 2.23 bits per heavy atom. The van der Waals surface area contributed by atoms with Crippen LogP contribution in [0.1, 0.15) is 41.4 Å². The Hall–Kier alpha value is -2.60. The van der Waals surface area contributed by atoms with Gasteiger partial charge in [-0.2, -0.15) is 5.10 Å². The van der Waals surface area contributed by atoms with E-state index in [0.717, 1.165) is 44.3 Å². The third-order valence-corrected chi connectivity index (χ3v) is 5.07. The zero-order chi connectivity index (χ0) is 17.8. The minimum atomic E-state index is -0.0913. The van der Waals surface area contributed by atoms with Gasteiger partial charge in [-0.25, -0.2) is 0 Å². The smallest absolute Gasteiger partial charge is 0.271 e. The topological polar surface area (TPSA) is 74.7 Å². The maximum Gasteiger partial charge on any atom is 0.271 e. The fourth-order valence-electron chi connectivity index (χ4n) is 3.63. The zero-order valence-corrected chi connectivity index (χ0v) is 14.9. The van der Waals surface area contributed by atoms with Gasteiger partial charge in [0, 0.05) is 36.4 Å². The van der Waals surface area contributed by atoms with Crippen molar-refractivity contribution in [3.05, 3.63) is 54.0 Å². The minimum absolute atomic E-state index is 0.0913. The standard InChI is InChI=1S/C20H25N5O/c26-20(19-9-12-25(24-19)16-6-4-10-21-14-16)22-11-3-5-15-13-23-18-8-2-1-7-17(15)18/h1-2,7-9,12-13,16,21,23H,3-6,10-11,14H2,(H,22,26). The van der Waals surface area contributed by atoms with Crippen molar-refractivity contribution in [2.75, 3.05) is 19.6 Å². The minimum Gasteiger partial charge on any atom is -0.361 e. The van der Waals surface area contributed by atoms with Crippen LogP contribution in [0.15, 0.2) is 42.7 Å². The molecule has 1 aromatic carbocycles. The molecule has 3 heterocycles. The molecule has 6 nitrogen and oxygen atoms in total. The van der Waals surface area contributed by atoms with Gasteiger partial charge >= 0.3 is 0 Å². The van der Waals surface area contributed by atoms with E-state index in [1.54, 1.807) is 0 Å². The number of aromatic amines is 1. The number of para-hydroxylation sites is 1. The number of carbonyl (C=O) groups excluding carboxylic acids is 1. The molecule has 1 fully saturated rings. The van der Waals surface area contributed by atoms with E-state index < -0.39 is 0 Å². The molecule has 6 heteroatoms. The molecule has 3 aromatic rings. The molecule has 2 aromatic heterocycles. The van der Waals surface area contributed by atoms with Gasteiger partial charge in [-0.15, -0.1) is 0 Å². The summed E-state index contributed by atoms with van der Waals surface area (Å²) in [6.07, 6.45) is 8.08. The third kappa shape index (κ3) is 3.65. The van der Waals surface area contributed by atoms with E-state index in [9.17, 15) is 4.79 Å². The number of nitrogens with zero attached hydrogens (tertiary/aromatic N) is 2. The fraction of sp³-hybridized carbons (Fsp3) is 0.400. The van der Waals surface area contributed by atoms with Crippen molar-refractivity contribution in [3.8, 4) is 0 Å². The van der Waals surface area contributed by atoms with Gasteiger partial charge in [0.25, 0.3) is 5.91 Å². The van der Waals surface area contributed by atoms with Crippen LogP contribution < -0.4 is 10.6 Å².